The van der Waals surface area contributed by atoms with Gasteiger partial charge in [-0.25, -0.2) is 14.4 Å². The van der Waals surface area contributed by atoms with Crippen LogP contribution in [0, 0.1) is 11.7 Å². The smallest absolute Gasteiger partial charge is 0.188 e. The summed E-state index contributed by atoms with van der Waals surface area (Å²) < 4.78 is 13.1. The zero-order valence-electron chi connectivity index (χ0n) is 15.4. The van der Waals surface area contributed by atoms with Crippen molar-refractivity contribution < 1.29 is 4.39 Å². The summed E-state index contributed by atoms with van der Waals surface area (Å²) in [4.78, 5) is 12.6. The van der Waals surface area contributed by atoms with Gasteiger partial charge in [0.25, 0.3) is 0 Å². The number of pyridine rings is 1. The maximum Gasteiger partial charge on any atom is 0.188 e. The van der Waals surface area contributed by atoms with Crippen LogP contribution < -0.4 is 5.32 Å². The van der Waals surface area contributed by atoms with Crippen molar-refractivity contribution in [2.45, 2.75) is 19.3 Å². The van der Waals surface area contributed by atoms with Crippen LogP contribution in [0.25, 0.3) is 10.4 Å². The molecule has 140 valence electrons. The van der Waals surface area contributed by atoms with Crippen LogP contribution in [0.2, 0.25) is 0 Å². The molecule has 0 aliphatic carbocycles. The van der Waals surface area contributed by atoms with E-state index in [9.17, 15) is 4.39 Å². The monoisotopic (exact) mass is 382 g/mol. The Morgan fingerprint density at radius 2 is 1.93 bits per heavy atom. The number of anilines is 2. The Morgan fingerprint density at radius 1 is 1.15 bits per heavy atom. The Kier molecular flexibility index (Phi) is 5.45. The minimum absolute atomic E-state index is 0.229. The average molecular weight is 383 g/mol. The number of hydrogen-bond donors (Lipinski definition) is 1. The lowest BCUT2D eigenvalue weighted by atomic mass is 9.92. The van der Waals surface area contributed by atoms with Gasteiger partial charge in [-0.15, -0.1) is 0 Å². The van der Waals surface area contributed by atoms with Crippen molar-refractivity contribution in [3.05, 3.63) is 60.2 Å². The van der Waals surface area contributed by atoms with Crippen LogP contribution in [0.15, 0.2) is 48.7 Å². The summed E-state index contributed by atoms with van der Waals surface area (Å²) in [6.45, 7) is 2.35. The summed E-state index contributed by atoms with van der Waals surface area (Å²) in [6, 6.07) is 12.6. The van der Waals surface area contributed by atoms with Crippen molar-refractivity contribution in [3.63, 3.8) is 0 Å². The first-order valence-electron chi connectivity index (χ1n) is 9.29. The Bertz CT molecular complexity index is 885. The second-order valence-electron chi connectivity index (χ2n) is 7.13. The van der Waals surface area contributed by atoms with Crippen molar-refractivity contribution >= 4 is 22.3 Å². The van der Waals surface area contributed by atoms with E-state index in [1.54, 1.807) is 12.1 Å². The second-order valence-corrected chi connectivity index (χ2v) is 8.16. The van der Waals surface area contributed by atoms with E-state index in [0.29, 0.717) is 5.92 Å². The molecule has 0 radical (unpaired) electrons. The molecular formula is C21H23FN4S. The highest BCUT2D eigenvalue weighted by Crippen LogP contribution is 2.30. The van der Waals surface area contributed by atoms with Gasteiger partial charge in [-0.1, -0.05) is 29.5 Å². The summed E-state index contributed by atoms with van der Waals surface area (Å²) in [5, 5.41) is 4.09. The van der Waals surface area contributed by atoms with E-state index >= 15 is 0 Å². The summed E-state index contributed by atoms with van der Waals surface area (Å²) in [6.07, 6.45) is 5.32. The number of benzene rings is 1. The predicted octanol–water partition coefficient (Wildman–Crippen LogP) is 4.97. The van der Waals surface area contributed by atoms with Crippen LogP contribution in [0.3, 0.4) is 0 Å². The van der Waals surface area contributed by atoms with Crippen LogP contribution in [0.1, 0.15) is 18.5 Å². The van der Waals surface area contributed by atoms with Crippen molar-refractivity contribution in [3.8, 4) is 10.4 Å². The van der Waals surface area contributed by atoms with E-state index in [2.05, 4.69) is 28.3 Å². The highest BCUT2D eigenvalue weighted by Gasteiger charge is 2.17. The fourth-order valence-corrected chi connectivity index (χ4v) is 4.24. The van der Waals surface area contributed by atoms with E-state index in [-0.39, 0.29) is 5.82 Å². The molecule has 3 aromatic rings. The molecule has 0 atom stereocenters. The molecule has 4 nitrogen and oxygen atoms in total. The van der Waals surface area contributed by atoms with Gasteiger partial charge in [0.2, 0.25) is 0 Å². The first kappa shape index (κ1) is 18.1. The topological polar surface area (TPSA) is 41.0 Å². The van der Waals surface area contributed by atoms with Gasteiger partial charge < -0.3 is 10.2 Å². The molecule has 1 aliphatic rings. The molecule has 1 fully saturated rings. The highest BCUT2D eigenvalue weighted by molar-refractivity contribution is 7.18. The molecule has 0 saturated carbocycles. The Hall–Kier alpha value is -2.31. The summed E-state index contributed by atoms with van der Waals surface area (Å²) in [5.41, 5.74) is 2.09. The molecule has 4 rings (SSSR count). The molecule has 0 spiro atoms. The fourth-order valence-electron chi connectivity index (χ4n) is 3.41. The van der Waals surface area contributed by atoms with Crippen LogP contribution >= 0.6 is 11.3 Å². The lowest BCUT2D eigenvalue weighted by Crippen LogP contribution is -2.31. The molecule has 2 aromatic heterocycles. The SMILES string of the molecule is CN1CCC(Cc2cccc(Nc3ncc(-c4ccc(F)cc4)s3)n2)CC1. The van der Waals surface area contributed by atoms with E-state index in [4.69, 9.17) is 4.98 Å². The van der Waals surface area contributed by atoms with Gasteiger partial charge in [0, 0.05) is 11.9 Å². The molecule has 0 bridgehead atoms. The molecule has 6 heteroatoms. The number of thiazole rings is 1. The van der Waals surface area contributed by atoms with E-state index in [1.165, 1.54) is 49.4 Å². The first-order chi connectivity index (χ1) is 13.2. The third kappa shape index (κ3) is 4.70. The van der Waals surface area contributed by atoms with Crippen molar-refractivity contribution in [2.24, 2.45) is 5.92 Å². The third-order valence-corrected chi connectivity index (χ3v) is 5.97. The normalized spacial score (nSPS) is 15.8. The lowest BCUT2D eigenvalue weighted by molar-refractivity contribution is 0.218. The van der Waals surface area contributed by atoms with E-state index in [1.807, 2.05) is 18.3 Å². The number of piperidine rings is 1. The molecule has 1 aliphatic heterocycles. The molecule has 0 amide bonds. The first-order valence-corrected chi connectivity index (χ1v) is 10.1. The minimum atomic E-state index is -0.229. The largest absolute Gasteiger partial charge is 0.316 e. The van der Waals surface area contributed by atoms with Crippen LogP contribution in [-0.4, -0.2) is 35.0 Å². The van der Waals surface area contributed by atoms with Crippen molar-refractivity contribution in [1.29, 1.82) is 0 Å². The Labute approximate surface area is 163 Å². The number of likely N-dealkylation sites (tertiary alicyclic amines) is 1. The van der Waals surface area contributed by atoms with Crippen LogP contribution in [0.4, 0.5) is 15.3 Å². The minimum Gasteiger partial charge on any atom is -0.316 e. The van der Waals surface area contributed by atoms with Crippen molar-refractivity contribution in [1.82, 2.24) is 14.9 Å². The zero-order chi connectivity index (χ0) is 18.6. The number of hydrogen-bond acceptors (Lipinski definition) is 5. The standard InChI is InChI=1S/C21H23FN4S/c1-26-11-9-15(10-12-26)13-18-3-2-4-20(24-18)25-21-23-14-19(27-21)16-5-7-17(22)8-6-16/h2-8,14-15H,9-13H2,1H3,(H,23,24,25). The third-order valence-electron chi connectivity index (χ3n) is 5.01. The Balaban J connectivity index is 1.42. The van der Waals surface area contributed by atoms with Crippen LogP contribution in [0.5, 0.6) is 0 Å². The number of nitrogens with one attached hydrogen (secondary N) is 1. The zero-order valence-corrected chi connectivity index (χ0v) is 16.2. The van der Waals surface area contributed by atoms with Gasteiger partial charge in [-0.2, -0.15) is 0 Å². The molecular weight excluding hydrogens is 359 g/mol. The summed E-state index contributed by atoms with van der Waals surface area (Å²) in [7, 11) is 2.19. The molecule has 0 unspecified atom stereocenters. The maximum atomic E-state index is 13.1. The predicted molar refractivity (Wildman–Crippen MR) is 109 cm³/mol. The number of nitrogens with zero attached hydrogens (tertiary/aromatic N) is 3. The average Bonchev–Trinajstić information content (AvgIpc) is 3.13. The number of aromatic nitrogens is 2. The van der Waals surface area contributed by atoms with Crippen molar-refractivity contribution in [2.75, 3.05) is 25.5 Å². The van der Waals surface area contributed by atoms with E-state index < -0.39 is 0 Å². The number of rotatable bonds is 5. The van der Waals surface area contributed by atoms with Gasteiger partial charge in [-0.05, 0) is 75.1 Å². The molecule has 27 heavy (non-hydrogen) atoms. The lowest BCUT2D eigenvalue weighted by Gasteiger charge is -2.28. The summed E-state index contributed by atoms with van der Waals surface area (Å²) >= 11 is 1.54. The molecule has 1 aromatic carbocycles. The van der Waals surface area contributed by atoms with E-state index in [0.717, 1.165) is 33.5 Å². The van der Waals surface area contributed by atoms with Gasteiger partial charge in [0.05, 0.1) is 4.88 Å². The van der Waals surface area contributed by atoms with Crippen LogP contribution in [-0.2, 0) is 6.42 Å². The summed E-state index contributed by atoms with van der Waals surface area (Å²) in [5.74, 6) is 1.31. The Morgan fingerprint density at radius 3 is 2.70 bits per heavy atom. The maximum absolute atomic E-state index is 13.1. The number of halogens is 1. The second kappa shape index (κ2) is 8.15. The molecule has 3 heterocycles. The highest BCUT2D eigenvalue weighted by atomic mass is 32.1. The fraction of sp³-hybridized carbons (Fsp3) is 0.333. The van der Waals surface area contributed by atoms with Gasteiger partial charge in [0.1, 0.15) is 11.6 Å². The molecule has 1 saturated heterocycles. The van der Waals surface area contributed by atoms with Gasteiger partial charge in [0.15, 0.2) is 5.13 Å². The van der Waals surface area contributed by atoms with Gasteiger partial charge in [-0.3, -0.25) is 0 Å². The quantitative estimate of drug-likeness (QED) is 0.676. The molecule has 1 N–H and O–H groups in total. The van der Waals surface area contributed by atoms with Gasteiger partial charge >= 0.3 is 0 Å².